The lowest BCUT2D eigenvalue weighted by molar-refractivity contribution is -0.139. The molecule has 18 heavy (non-hydrogen) atoms. The van der Waals surface area contributed by atoms with E-state index in [1.54, 1.807) is 7.05 Å². The summed E-state index contributed by atoms with van der Waals surface area (Å²) in [4.78, 5) is 25.9. The number of nitrogens with zero attached hydrogens (tertiary/aromatic N) is 1. The molecule has 1 N–H and O–H groups in total. The number of fused-ring (bicyclic) bond motifs is 1. The second-order valence-corrected chi connectivity index (χ2v) is 6.14. The Morgan fingerprint density at radius 1 is 1.00 bits per heavy atom. The number of carbonyl (C=O) groups excluding carboxylic acids is 2. The van der Waals surface area contributed by atoms with Crippen molar-refractivity contribution in [2.24, 2.45) is 23.7 Å². The van der Waals surface area contributed by atoms with Crippen molar-refractivity contribution in [3.8, 4) is 0 Å². The highest BCUT2D eigenvalue weighted by atomic mass is 16.2. The summed E-state index contributed by atoms with van der Waals surface area (Å²) >= 11 is 0. The molecule has 3 rings (SSSR count). The number of piperidine rings is 1. The van der Waals surface area contributed by atoms with Crippen molar-refractivity contribution in [1.82, 2.24) is 10.2 Å². The third-order valence-corrected chi connectivity index (χ3v) is 5.02. The Morgan fingerprint density at radius 3 is 2.17 bits per heavy atom. The molecule has 100 valence electrons. The Balaban J connectivity index is 1.50. The van der Waals surface area contributed by atoms with E-state index in [-0.39, 0.29) is 11.8 Å². The fourth-order valence-electron chi connectivity index (χ4n) is 3.74. The number of nitrogens with one attached hydrogen (secondary N) is 1. The van der Waals surface area contributed by atoms with Gasteiger partial charge in [0.15, 0.2) is 0 Å². The van der Waals surface area contributed by atoms with Gasteiger partial charge in [0.05, 0.1) is 0 Å². The lowest BCUT2D eigenvalue weighted by atomic mass is 9.94. The monoisotopic (exact) mass is 250 g/mol. The molecule has 2 saturated carbocycles. The molecular formula is C14H22N2O2. The van der Waals surface area contributed by atoms with Crippen LogP contribution in [-0.4, -0.2) is 36.9 Å². The molecule has 3 aliphatic rings. The van der Waals surface area contributed by atoms with E-state index in [2.05, 4.69) is 5.32 Å². The highest BCUT2D eigenvalue weighted by molar-refractivity contribution is 5.81. The summed E-state index contributed by atoms with van der Waals surface area (Å²) in [6.07, 6.45) is 5.26. The molecule has 1 saturated heterocycles. The van der Waals surface area contributed by atoms with Gasteiger partial charge in [-0.25, -0.2) is 0 Å². The Bertz CT molecular complexity index is 351. The Kier molecular flexibility index (Phi) is 3.04. The molecule has 4 heteroatoms. The Labute approximate surface area is 108 Å². The van der Waals surface area contributed by atoms with Crippen LogP contribution < -0.4 is 5.32 Å². The summed E-state index contributed by atoms with van der Waals surface area (Å²) in [5.41, 5.74) is 0. The summed E-state index contributed by atoms with van der Waals surface area (Å²) in [6.45, 7) is 1.53. The predicted octanol–water partition coefficient (Wildman–Crippen LogP) is 1.02. The van der Waals surface area contributed by atoms with Gasteiger partial charge in [-0.1, -0.05) is 0 Å². The molecule has 1 aliphatic heterocycles. The molecule has 2 unspecified atom stereocenters. The van der Waals surface area contributed by atoms with Gasteiger partial charge in [0.2, 0.25) is 11.8 Å². The van der Waals surface area contributed by atoms with Crippen molar-refractivity contribution in [1.29, 1.82) is 0 Å². The van der Waals surface area contributed by atoms with E-state index in [9.17, 15) is 9.59 Å². The third-order valence-electron chi connectivity index (χ3n) is 5.02. The van der Waals surface area contributed by atoms with Crippen LogP contribution in [0, 0.1) is 23.7 Å². The van der Waals surface area contributed by atoms with E-state index in [1.807, 2.05) is 4.90 Å². The van der Waals surface area contributed by atoms with E-state index in [0.717, 1.165) is 50.6 Å². The maximum atomic E-state index is 12.3. The van der Waals surface area contributed by atoms with Gasteiger partial charge in [-0.2, -0.15) is 0 Å². The second kappa shape index (κ2) is 4.56. The van der Waals surface area contributed by atoms with Crippen molar-refractivity contribution in [2.75, 3.05) is 20.1 Å². The minimum absolute atomic E-state index is 0.107. The average Bonchev–Trinajstić information content (AvgIpc) is 3.03. The van der Waals surface area contributed by atoms with E-state index < -0.39 is 0 Å². The topological polar surface area (TPSA) is 49.4 Å². The van der Waals surface area contributed by atoms with Crippen LogP contribution in [0.3, 0.4) is 0 Å². The first-order chi connectivity index (χ1) is 8.69. The predicted molar refractivity (Wildman–Crippen MR) is 67.7 cm³/mol. The van der Waals surface area contributed by atoms with Crippen LogP contribution in [0.25, 0.3) is 0 Å². The van der Waals surface area contributed by atoms with Gasteiger partial charge < -0.3 is 10.2 Å². The van der Waals surface area contributed by atoms with Gasteiger partial charge in [-0.05, 0) is 43.9 Å². The van der Waals surface area contributed by atoms with Gasteiger partial charge >= 0.3 is 0 Å². The summed E-state index contributed by atoms with van der Waals surface area (Å²) in [6, 6.07) is 0. The molecule has 0 aromatic rings. The highest BCUT2D eigenvalue weighted by Gasteiger charge is 2.49. The minimum Gasteiger partial charge on any atom is -0.359 e. The van der Waals surface area contributed by atoms with Crippen molar-refractivity contribution in [3.63, 3.8) is 0 Å². The molecule has 4 nitrogen and oxygen atoms in total. The van der Waals surface area contributed by atoms with Gasteiger partial charge in [0, 0.05) is 32.0 Å². The largest absolute Gasteiger partial charge is 0.359 e. The molecule has 2 amide bonds. The van der Waals surface area contributed by atoms with Gasteiger partial charge in [0.25, 0.3) is 0 Å². The smallest absolute Gasteiger partial charge is 0.225 e. The van der Waals surface area contributed by atoms with Crippen molar-refractivity contribution in [3.05, 3.63) is 0 Å². The molecule has 2 aliphatic carbocycles. The van der Waals surface area contributed by atoms with E-state index in [0.29, 0.717) is 11.8 Å². The quantitative estimate of drug-likeness (QED) is 0.795. The van der Waals surface area contributed by atoms with Crippen molar-refractivity contribution >= 4 is 11.8 Å². The molecule has 0 aromatic heterocycles. The normalized spacial score (nSPS) is 35.2. The van der Waals surface area contributed by atoms with E-state index >= 15 is 0 Å². The molecule has 0 spiro atoms. The Hall–Kier alpha value is -1.06. The van der Waals surface area contributed by atoms with Crippen LogP contribution in [0.4, 0.5) is 0 Å². The molecule has 0 radical (unpaired) electrons. The molecular weight excluding hydrogens is 228 g/mol. The van der Waals surface area contributed by atoms with Crippen LogP contribution in [-0.2, 0) is 9.59 Å². The van der Waals surface area contributed by atoms with Crippen LogP contribution >= 0.6 is 0 Å². The SMILES string of the molecule is CNC(=O)C1CCN(C(=O)C2CC3CC3C2)CC1. The lowest BCUT2D eigenvalue weighted by Crippen LogP contribution is -2.44. The van der Waals surface area contributed by atoms with Crippen molar-refractivity contribution < 1.29 is 9.59 Å². The summed E-state index contributed by atoms with van der Waals surface area (Å²) in [5.74, 6) is 2.62. The van der Waals surface area contributed by atoms with Crippen molar-refractivity contribution in [2.45, 2.75) is 32.1 Å². The minimum atomic E-state index is 0.107. The van der Waals surface area contributed by atoms with Gasteiger partial charge in [-0.15, -0.1) is 0 Å². The Morgan fingerprint density at radius 2 is 1.61 bits per heavy atom. The zero-order chi connectivity index (χ0) is 12.7. The standard InChI is InChI=1S/C14H22N2O2/c1-15-13(17)9-2-4-16(5-3-9)14(18)12-7-10-6-11(10)8-12/h9-12H,2-8H2,1H3,(H,15,17). The lowest BCUT2D eigenvalue weighted by Gasteiger charge is -2.33. The molecule has 0 aromatic carbocycles. The first-order valence-electron chi connectivity index (χ1n) is 7.19. The van der Waals surface area contributed by atoms with Crippen LogP contribution in [0.2, 0.25) is 0 Å². The maximum absolute atomic E-state index is 12.3. The average molecular weight is 250 g/mol. The fourth-order valence-corrected chi connectivity index (χ4v) is 3.74. The first kappa shape index (κ1) is 12.0. The fraction of sp³-hybridized carbons (Fsp3) is 0.857. The molecule has 2 atom stereocenters. The van der Waals surface area contributed by atoms with Gasteiger partial charge in [0.1, 0.15) is 0 Å². The maximum Gasteiger partial charge on any atom is 0.225 e. The highest BCUT2D eigenvalue weighted by Crippen LogP contribution is 2.54. The number of likely N-dealkylation sites (tertiary alicyclic amines) is 1. The van der Waals surface area contributed by atoms with Crippen LogP contribution in [0.1, 0.15) is 32.1 Å². The number of hydrogen-bond acceptors (Lipinski definition) is 2. The number of hydrogen-bond donors (Lipinski definition) is 1. The number of amides is 2. The van der Waals surface area contributed by atoms with Crippen LogP contribution in [0.5, 0.6) is 0 Å². The van der Waals surface area contributed by atoms with Crippen LogP contribution in [0.15, 0.2) is 0 Å². The third kappa shape index (κ3) is 2.13. The number of carbonyl (C=O) groups is 2. The zero-order valence-electron chi connectivity index (χ0n) is 11.0. The summed E-state index contributed by atoms with van der Waals surface area (Å²) in [7, 11) is 1.69. The molecule has 3 fully saturated rings. The summed E-state index contributed by atoms with van der Waals surface area (Å²) < 4.78 is 0. The van der Waals surface area contributed by atoms with E-state index in [1.165, 1.54) is 6.42 Å². The first-order valence-corrected chi connectivity index (χ1v) is 7.19. The molecule has 1 heterocycles. The van der Waals surface area contributed by atoms with E-state index in [4.69, 9.17) is 0 Å². The molecule has 0 bridgehead atoms. The second-order valence-electron chi connectivity index (χ2n) is 6.14. The zero-order valence-corrected chi connectivity index (χ0v) is 11.0. The van der Waals surface area contributed by atoms with Gasteiger partial charge in [-0.3, -0.25) is 9.59 Å². The summed E-state index contributed by atoms with van der Waals surface area (Å²) in [5, 5.41) is 2.70. The number of rotatable bonds is 2.